The number of benzene rings is 2. The van der Waals surface area contributed by atoms with Crippen molar-refractivity contribution in [3.63, 3.8) is 0 Å². The number of carbonyl (C=O) groups is 2. The average molecular weight is 605 g/mol. The Hall–Kier alpha value is -2.66. The summed E-state index contributed by atoms with van der Waals surface area (Å²) in [6, 6.07) is 11.2. The molecule has 0 spiro atoms. The molecule has 0 saturated heterocycles. The van der Waals surface area contributed by atoms with Crippen LogP contribution >= 0.6 is 22.4 Å². The molecule has 0 atom stereocenters. The third kappa shape index (κ3) is 8.44. The van der Waals surface area contributed by atoms with Crippen LogP contribution in [0.1, 0.15) is 66.2 Å². The smallest absolute Gasteiger partial charge is 0.331 e. The molecular weight excluding hydrogens is 560 g/mol. The molecule has 0 aliphatic carbocycles. The van der Waals surface area contributed by atoms with Gasteiger partial charge in [-0.1, -0.05) is 53.4 Å². The number of hydrogen-bond donors (Lipinski definition) is 4. The molecular formula is C31H44N2O6S2. The molecule has 2 aromatic carbocycles. The van der Waals surface area contributed by atoms with E-state index < -0.39 is 16.6 Å². The van der Waals surface area contributed by atoms with Gasteiger partial charge in [-0.25, -0.2) is 4.79 Å². The Bertz CT molecular complexity index is 1220. The van der Waals surface area contributed by atoms with Crippen LogP contribution in [0.5, 0.6) is 5.75 Å². The normalized spacial score (nSPS) is 16.7. The summed E-state index contributed by atoms with van der Waals surface area (Å²) >= 11 is 1.44. The Morgan fingerprint density at radius 3 is 2.29 bits per heavy atom. The number of rotatable bonds is 13. The first kappa shape index (κ1) is 32.8. The van der Waals surface area contributed by atoms with Crippen molar-refractivity contribution in [1.29, 1.82) is 0 Å². The third-order valence-corrected chi connectivity index (χ3v) is 10.2. The second-order valence-electron chi connectivity index (χ2n) is 11.0. The molecule has 1 aliphatic heterocycles. The van der Waals surface area contributed by atoms with Crippen LogP contribution in [0.15, 0.2) is 58.5 Å². The van der Waals surface area contributed by atoms with E-state index in [0.717, 1.165) is 61.4 Å². The van der Waals surface area contributed by atoms with Crippen LogP contribution in [0, 0.1) is 11.3 Å². The number of amides is 1. The van der Waals surface area contributed by atoms with Gasteiger partial charge in [-0.15, -0.1) is 11.8 Å². The summed E-state index contributed by atoms with van der Waals surface area (Å²) < 4.78 is 29.3. The van der Waals surface area contributed by atoms with Crippen molar-refractivity contribution < 1.29 is 28.5 Å². The van der Waals surface area contributed by atoms with E-state index in [4.69, 9.17) is 9.84 Å². The lowest BCUT2D eigenvalue weighted by Gasteiger charge is -2.42. The summed E-state index contributed by atoms with van der Waals surface area (Å²) in [5.41, 5.74) is 1.94. The molecule has 1 amide bonds. The maximum absolute atomic E-state index is 12.3. The molecule has 41 heavy (non-hydrogen) atoms. The fraction of sp³-hybridized carbons (Fsp3) is 0.484. The summed E-state index contributed by atoms with van der Waals surface area (Å²) in [6.07, 6.45) is 9.61. The lowest BCUT2D eigenvalue weighted by atomic mass is 9.79. The number of nitrogens with one attached hydrogen (secondary N) is 1. The molecule has 0 fully saturated rings. The third-order valence-electron chi connectivity index (χ3n) is 7.39. The summed E-state index contributed by atoms with van der Waals surface area (Å²) in [5, 5.41) is 11.9. The summed E-state index contributed by atoms with van der Waals surface area (Å²) in [6.45, 7) is 8.61. The van der Waals surface area contributed by atoms with Crippen molar-refractivity contribution >= 4 is 51.3 Å². The number of aliphatic carboxylic acids is 1. The van der Waals surface area contributed by atoms with E-state index in [9.17, 15) is 18.7 Å². The molecule has 0 aromatic heterocycles. The Balaban J connectivity index is 2.19. The Morgan fingerprint density at radius 2 is 1.76 bits per heavy atom. The fourth-order valence-corrected chi connectivity index (χ4v) is 7.89. The summed E-state index contributed by atoms with van der Waals surface area (Å²) in [7, 11) is -3.24. The van der Waals surface area contributed by atoms with Crippen molar-refractivity contribution in [2.75, 3.05) is 28.8 Å². The topological polar surface area (TPSA) is 119 Å². The predicted octanol–water partition coefficient (Wildman–Crippen LogP) is 8.61. The monoisotopic (exact) mass is 604 g/mol. The van der Waals surface area contributed by atoms with Crippen molar-refractivity contribution in [1.82, 2.24) is 0 Å². The molecule has 0 saturated carbocycles. The van der Waals surface area contributed by atoms with Crippen LogP contribution in [-0.2, 0) is 9.59 Å². The van der Waals surface area contributed by atoms with Crippen molar-refractivity contribution in [3.05, 3.63) is 48.7 Å². The Morgan fingerprint density at radius 1 is 1.12 bits per heavy atom. The number of thioether (sulfide) groups is 1. The maximum Gasteiger partial charge on any atom is 0.331 e. The van der Waals surface area contributed by atoms with E-state index in [2.05, 4.69) is 24.1 Å². The number of nitrogens with zero attached hydrogens (tertiary/aromatic N) is 1. The number of hydrogen-bond acceptors (Lipinski definition) is 7. The summed E-state index contributed by atoms with van der Waals surface area (Å²) in [5.74, 6) is -0.712. The number of carboxylic acids is 1. The molecule has 8 nitrogen and oxygen atoms in total. The molecule has 0 unspecified atom stereocenters. The van der Waals surface area contributed by atoms with Crippen LogP contribution < -0.4 is 15.0 Å². The van der Waals surface area contributed by atoms with Gasteiger partial charge in [-0.3, -0.25) is 13.9 Å². The van der Waals surface area contributed by atoms with Gasteiger partial charge in [-0.05, 0) is 49.4 Å². The first-order valence-electron chi connectivity index (χ1n) is 14.2. The molecule has 2 aromatic rings. The minimum absolute atomic E-state index is 0.0564. The fourth-order valence-electron chi connectivity index (χ4n) is 5.16. The van der Waals surface area contributed by atoms with Gasteiger partial charge < -0.3 is 20.1 Å². The van der Waals surface area contributed by atoms with Gasteiger partial charge >= 0.3 is 5.97 Å². The van der Waals surface area contributed by atoms with E-state index >= 15 is 0 Å². The highest BCUT2D eigenvalue weighted by Gasteiger charge is 2.42. The number of carboxylic acid groups (broad SMARTS) is 1. The molecule has 1 aliphatic rings. The molecule has 3 rings (SSSR count). The average Bonchev–Trinajstić information content (AvgIpc) is 3.02. The maximum atomic E-state index is 12.3. The minimum atomic E-state index is -3.24. The zero-order chi connectivity index (χ0) is 30.2. The van der Waals surface area contributed by atoms with E-state index in [1.165, 1.54) is 11.8 Å². The van der Waals surface area contributed by atoms with Gasteiger partial charge in [0.1, 0.15) is 5.75 Å². The van der Waals surface area contributed by atoms with E-state index in [1.807, 2.05) is 50.4 Å². The molecule has 4 N–H and O–H groups in total. The SMILES string of the molecule is CCCCC1(CCCC)CN(c2ccc(NC(=O)C(C)C)cc2)c2cc(SC)c(OC=CC(=O)O)cc2S(O)(O)C1. The zero-order valence-electron chi connectivity index (χ0n) is 24.7. The standard InChI is InChI=1S/C31H44N2O6S2/c1-6-8-15-31(16-9-7-2)20-33(24-12-10-23(11-13-24)32-30(36)22(3)4)25-18-27(40-5)26(39-17-14-29(34)35)19-28(25)41(37,38)21-31/h10-14,17-19,22,37-38H,6-9,15-16,20-21H2,1-5H3,(H,32,36)(H,34,35). The zero-order valence-corrected chi connectivity index (χ0v) is 26.3. The molecule has 0 bridgehead atoms. The quantitative estimate of drug-likeness (QED) is 0.102. The highest BCUT2D eigenvalue weighted by molar-refractivity contribution is 8.24. The van der Waals surface area contributed by atoms with Crippen LogP contribution in [0.2, 0.25) is 0 Å². The molecule has 1 heterocycles. The first-order valence-corrected chi connectivity index (χ1v) is 17.1. The van der Waals surface area contributed by atoms with Gasteiger partial charge in [0.15, 0.2) is 0 Å². The van der Waals surface area contributed by atoms with Gasteiger partial charge in [0.2, 0.25) is 5.91 Å². The number of anilines is 3. The second kappa shape index (κ2) is 14.5. The van der Waals surface area contributed by atoms with Crippen molar-refractivity contribution in [3.8, 4) is 5.75 Å². The molecule has 0 radical (unpaired) electrons. The van der Waals surface area contributed by atoms with Gasteiger partial charge in [0.25, 0.3) is 0 Å². The van der Waals surface area contributed by atoms with Crippen LogP contribution in [0.4, 0.5) is 17.1 Å². The minimum Gasteiger partial charge on any atom is -0.478 e. The van der Waals surface area contributed by atoms with Crippen molar-refractivity contribution in [2.45, 2.75) is 76.0 Å². The first-order chi connectivity index (χ1) is 19.4. The lowest BCUT2D eigenvalue weighted by Crippen LogP contribution is -2.37. The Labute approximate surface area is 249 Å². The number of unbranched alkanes of at least 4 members (excludes halogenated alkanes) is 2. The summed E-state index contributed by atoms with van der Waals surface area (Å²) in [4.78, 5) is 26.6. The van der Waals surface area contributed by atoms with E-state index in [1.54, 1.807) is 6.07 Å². The number of carbonyl (C=O) groups excluding carboxylic acids is 1. The number of ether oxygens (including phenoxy) is 1. The number of fused-ring (bicyclic) bond motifs is 1. The van der Waals surface area contributed by atoms with Crippen LogP contribution in [-0.4, -0.2) is 44.6 Å². The van der Waals surface area contributed by atoms with Gasteiger partial charge in [0, 0.05) is 41.1 Å². The molecule has 10 heteroatoms. The predicted molar refractivity (Wildman–Crippen MR) is 170 cm³/mol. The highest BCUT2D eigenvalue weighted by Crippen LogP contribution is 2.62. The van der Waals surface area contributed by atoms with E-state index in [-0.39, 0.29) is 23.0 Å². The van der Waals surface area contributed by atoms with Gasteiger partial charge in [-0.2, -0.15) is 10.6 Å². The highest BCUT2D eigenvalue weighted by atomic mass is 32.3. The van der Waals surface area contributed by atoms with Crippen LogP contribution in [0.25, 0.3) is 0 Å². The van der Waals surface area contributed by atoms with E-state index in [0.29, 0.717) is 28.6 Å². The lowest BCUT2D eigenvalue weighted by molar-refractivity contribution is -0.131. The van der Waals surface area contributed by atoms with Crippen molar-refractivity contribution in [2.24, 2.45) is 11.3 Å². The molecule has 226 valence electrons. The largest absolute Gasteiger partial charge is 0.478 e. The second-order valence-corrected chi connectivity index (χ2v) is 13.9. The Kier molecular flexibility index (Phi) is 11.6. The van der Waals surface area contributed by atoms with Crippen LogP contribution in [0.3, 0.4) is 0 Å². The van der Waals surface area contributed by atoms with Gasteiger partial charge in [0.05, 0.1) is 27.8 Å².